The SMILES string of the molecule is O=C(NO)c1ccc2c(c1)OCCN(C(=O)C1CC1)C2. The Bertz CT molecular complexity index is 554. The number of carbonyl (C=O) groups excluding carboxylic acids is 2. The summed E-state index contributed by atoms with van der Waals surface area (Å²) in [6.07, 6.45) is 1.97. The lowest BCUT2D eigenvalue weighted by molar-refractivity contribution is -0.133. The molecule has 2 N–H and O–H groups in total. The molecule has 1 heterocycles. The van der Waals surface area contributed by atoms with Crippen LogP contribution in [0.5, 0.6) is 5.75 Å². The molecule has 2 amide bonds. The van der Waals surface area contributed by atoms with Crippen molar-refractivity contribution in [2.45, 2.75) is 19.4 Å². The van der Waals surface area contributed by atoms with Gasteiger partial charge in [0.25, 0.3) is 5.91 Å². The van der Waals surface area contributed by atoms with Crippen LogP contribution < -0.4 is 10.2 Å². The molecule has 1 aromatic rings. The van der Waals surface area contributed by atoms with Crippen LogP contribution >= 0.6 is 0 Å². The lowest BCUT2D eigenvalue weighted by Crippen LogP contribution is -2.33. The maximum absolute atomic E-state index is 12.1. The second-order valence-electron chi connectivity index (χ2n) is 5.15. The second kappa shape index (κ2) is 5.13. The topological polar surface area (TPSA) is 78.9 Å². The minimum absolute atomic E-state index is 0.191. The Kier molecular flexibility index (Phi) is 3.31. The van der Waals surface area contributed by atoms with Crippen LogP contribution in [-0.2, 0) is 11.3 Å². The van der Waals surface area contributed by atoms with E-state index in [-0.39, 0.29) is 11.8 Å². The van der Waals surface area contributed by atoms with E-state index in [2.05, 4.69) is 0 Å². The van der Waals surface area contributed by atoms with E-state index in [0.717, 1.165) is 18.4 Å². The Morgan fingerprint density at radius 2 is 2.15 bits per heavy atom. The van der Waals surface area contributed by atoms with Crippen molar-refractivity contribution in [2.24, 2.45) is 5.92 Å². The van der Waals surface area contributed by atoms with E-state index in [1.54, 1.807) is 23.7 Å². The molecule has 0 radical (unpaired) electrons. The van der Waals surface area contributed by atoms with Gasteiger partial charge in [-0.25, -0.2) is 5.48 Å². The molecule has 0 saturated heterocycles. The van der Waals surface area contributed by atoms with Gasteiger partial charge in [0.05, 0.1) is 6.54 Å². The van der Waals surface area contributed by atoms with Crippen molar-refractivity contribution in [3.63, 3.8) is 0 Å². The first-order valence-corrected chi connectivity index (χ1v) is 6.68. The van der Waals surface area contributed by atoms with Crippen LogP contribution in [0.15, 0.2) is 18.2 Å². The Labute approximate surface area is 116 Å². The van der Waals surface area contributed by atoms with Crippen molar-refractivity contribution >= 4 is 11.8 Å². The van der Waals surface area contributed by atoms with Gasteiger partial charge in [-0.1, -0.05) is 6.07 Å². The van der Waals surface area contributed by atoms with Crippen LogP contribution in [0.1, 0.15) is 28.8 Å². The minimum Gasteiger partial charge on any atom is -0.491 e. The average Bonchev–Trinajstić information content (AvgIpc) is 3.30. The van der Waals surface area contributed by atoms with Crippen molar-refractivity contribution in [3.8, 4) is 5.75 Å². The predicted molar refractivity (Wildman–Crippen MR) is 69.3 cm³/mol. The Morgan fingerprint density at radius 3 is 2.85 bits per heavy atom. The van der Waals surface area contributed by atoms with Gasteiger partial charge < -0.3 is 9.64 Å². The number of nitrogens with one attached hydrogen (secondary N) is 1. The van der Waals surface area contributed by atoms with Gasteiger partial charge in [-0.2, -0.15) is 0 Å². The zero-order valence-corrected chi connectivity index (χ0v) is 11.0. The van der Waals surface area contributed by atoms with Gasteiger partial charge in [0, 0.05) is 23.6 Å². The summed E-state index contributed by atoms with van der Waals surface area (Å²) < 4.78 is 5.61. The maximum atomic E-state index is 12.1. The maximum Gasteiger partial charge on any atom is 0.274 e. The largest absolute Gasteiger partial charge is 0.491 e. The van der Waals surface area contributed by atoms with Gasteiger partial charge >= 0.3 is 0 Å². The van der Waals surface area contributed by atoms with E-state index in [1.165, 1.54) is 0 Å². The lowest BCUT2D eigenvalue weighted by atomic mass is 10.1. The molecule has 0 spiro atoms. The molecular weight excluding hydrogens is 260 g/mol. The quantitative estimate of drug-likeness (QED) is 0.622. The summed E-state index contributed by atoms with van der Waals surface area (Å²) in [5.74, 6) is 0.401. The first kappa shape index (κ1) is 12.9. The first-order chi connectivity index (χ1) is 9.69. The van der Waals surface area contributed by atoms with E-state index in [0.29, 0.717) is 31.0 Å². The van der Waals surface area contributed by atoms with Crippen LogP contribution in [-0.4, -0.2) is 35.1 Å². The number of ether oxygens (including phenoxy) is 1. The summed E-state index contributed by atoms with van der Waals surface area (Å²) in [6.45, 7) is 1.48. The highest BCUT2D eigenvalue weighted by molar-refractivity contribution is 5.93. The molecule has 2 aliphatic rings. The summed E-state index contributed by atoms with van der Waals surface area (Å²) >= 11 is 0. The lowest BCUT2D eigenvalue weighted by Gasteiger charge is -2.19. The minimum atomic E-state index is -0.577. The zero-order chi connectivity index (χ0) is 14.1. The van der Waals surface area contributed by atoms with E-state index >= 15 is 0 Å². The number of carbonyl (C=O) groups is 2. The number of fused-ring (bicyclic) bond motifs is 1. The Hall–Kier alpha value is -2.08. The van der Waals surface area contributed by atoms with Crippen LogP contribution in [0.25, 0.3) is 0 Å². The number of hydrogen-bond donors (Lipinski definition) is 2. The van der Waals surface area contributed by atoms with Crippen LogP contribution in [0.2, 0.25) is 0 Å². The molecule has 1 aromatic carbocycles. The molecule has 0 aromatic heterocycles. The normalized spacial score (nSPS) is 17.8. The van der Waals surface area contributed by atoms with Gasteiger partial charge in [-0.3, -0.25) is 14.8 Å². The van der Waals surface area contributed by atoms with Crippen LogP contribution in [0.3, 0.4) is 0 Å². The number of nitrogens with zero attached hydrogens (tertiary/aromatic N) is 1. The first-order valence-electron chi connectivity index (χ1n) is 6.68. The van der Waals surface area contributed by atoms with Crippen molar-refractivity contribution in [2.75, 3.05) is 13.2 Å². The summed E-state index contributed by atoms with van der Waals surface area (Å²) in [5, 5.41) is 8.64. The smallest absolute Gasteiger partial charge is 0.274 e. The van der Waals surface area contributed by atoms with E-state index in [9.17, 15) is 9.59 Å². The molecule has 1 aliphatic heterocycles. The third kappa shape index (κ3) is 2.46. The fraction of sp³-hybridized carbons (Fsp3) is 0.429. The molecule has 1 fully saturated rings. The van der Waals surface area contributed by atoms with Gasteiger partial charge in [0.2, 0.25) is 5.91 Å². The van der Waals surface area contributed by atoms with Crippen molar-refractivity contribution < 1.29 is 19.5 Å². The monoisotopic (exact) mass is 276 g/mol. The fourth-order valence-corrected chi connectivity index (χ4v) is 2.35. The number of hydrogen-bond acceptors (Lipinski definition) is 4. The number of benzene rings is 1. The molecule has 3 rings (SSSR count). The highest BCUT2D eigenvalue weighted by Crippen LogP contribution is 2.33. The van der Waals surface area contributed by atoms with Crippen molar-refractivity contribution in [3.05, 3.63) is 29.3 Å². The highest BCUT2D eigenvalue weighted by atomic mass is 16.5. The van der Waals surface area contributed by atoms with Gasteiger partial charge in [0.1, 0.15) is 12.4 Å². The fourth-order valence-electron chi connectivity index (χ4n) is 2.35. The molecule has 0 unspecified atom stereocenters. The number of rotatable bonds is 2. The third-order valence-corrected chi connectivity index (χ3v) is 3.65. The van der Waals surface area contributed by atoms with Crippen molar-refractivity contribution in [1.29, 1.82) is 0 Å². The van der Waals surface area contributed by atoms with Crippen LogP contribution in [0, 0.1) is 5.92 Å². The van der Waals surface area contributed by atoms with Gasteiger partial charge in [0.15, 0.2) is 0 Å². The van der Waals surface area contributed by atoms with E-state index < -0.39 is 5.91 Å². The summed E-state index contributed by atoms with van der Waals surface area (Å²) in [5.41, 5.74) is 2.80. The molecule has 6 nitrogen and oxygen atoms in total. The van der Waals surface area contributed by atoms with E-state index in [1.807, 2.05) is 4.90 Å². The van der Waals surface area contributed by atoms with Crippen LogP contribution in [0.4, 0.5) is 0 Å². The third-order valence-electron chi connectivity index (χ3n) is 3.65. The molecular formula is C14H16N2O4. The average molecular weight is 276 g/mol. The molecule has 6 heteroatoms. The molecule has 1 aliphatic carbocycles. The van der Waals surface area contributed by atoms with Gasteiger partial charge in [-0.05, 0) is 25.0 Å². The molecule has 0 atom stereocenters. The van der Waals surface area contributed by atoms with Gasteiger partial charge in [-0.15, -0.1) is 0 Å². The Morgan fingerprint density at radius 1 is 1.35 bits per heavy atom. The summed E-state index contributed by atoms with van der Waals surface area (Å²) in [6, 6.07) is 4.96. The van der Waals surface area contributed by atoms with E-state index in [4.69, 9.17) is 9.94 Å². The van der Waals surface area contributed by atoms with Crippen molar-refractivity contribution in [1.82, 2.24) is 10.4 Å². The molecule has 106 valence electrons. The Balaban J connectivity index is 1.82. The number of amides is 2. The molecule has 0 bridgehead atoms. The molecule has 1 saturated carbocycles. The second-order valence-corrected chi connectivity index (χ2v) is 5.15. The molecule has 20 heavy (non-hydrogen) atoms. The summed E-state index contributed by atoms with van der Waals surface area (Å²) in [4.78, 5) is 25.3. The number of hydroxylamine groups is 1. The zero-order valence-electron chi connectivity index (χ0n) is 11.0. The highest BCUT2D eigenvalue weighted by Gasteiger charge is 2.34. The predicted octanol–water partition coefficient (Wildman–Crippen LogP) is 0.937. The standard InChI is InChI=1S/C14H16N2O4/c17-13(15-19)10-3-4-11-8-16(14(18)9-1-2-9)5-6-20-12(11)7-10/h3-4,7,9,19H,1-2,5-6,8H2,(H,15,17). The summed E-state index contributed by atoms with van der Waals surface area (Å²) in [7, 11) is 0.